The highest BCUT2D eigenvalue weighted by Gasteiger charge is 2.43. The molecule has 1 aliphatic rings. The van der Waals surface area contributed by atoms with E-state index in [1.807, 2.05) is 12.1 Å². The number of nitrogens with zero attached hydrogens (tertiary/aromatic N) is 1. The average molecular weight is 255 g/mol. The number of hydrogen-bond donors (Lipinski definition) is 1. The molecule has 1 aromatic rings. The Kier molecular flexibility index (Phi) is 2.64. The molecular formula is C11H11ClN2OS. The van der Waals surface area contributed by atoms with E-state index < -0.39 is 5.54 Å². The van der Waals surface area contributed by atoms with Crippen molar-refractivity contribution in [3.05, 3.63) is 29.3 Å². The van der Waals surface area contributed by atoms with E-state index in [9.17, 15) is 4.79 Å². The van der Waals surface area contributed by atoms with Crippen LogP contribution in [0.15, 0.2) is 24.3 Å². The first-order valence-corrected chi connectivity index (χ1v) is 5.63. The van der Waals surface area contributed by atoms with Crippen LogP contribution in [0.2, 0.25) is 5.02 Å². The molecule has 2 rings (SSSR count). The Balaban J connectivity index is 2.47. The van der Waals surface area contributed by atoms with Gasteiger partial charge in [0, 0.05) is 0 Å². The highest BCUT2D eigenvalue weighted by molar-refractivity contribution is 7.80. The van der Waals surface area contributed by atoms with Crippen molar-refractivity contribution in [3.63, 3.8) is 0 Å². The molecule has 0 saturated carbocycles. The van der Waals surface area contributed by atoms with Crippen molar-refractivity contribution in [1.29, 1.82) is 0 Å². The van der Waals surface area contributed by atoms with Gasteiger partial charge in [0.25, 0.3) is 5.91 Å². The van der Waals surface area contributed by atoms with Gasteiger partial charge in [-0.25, -0.2) is 0 Å². The molecule has 1 aromatic carbocycles. The largest absolute Gasteiger partial charge is 0.348 e. The van der Waals surface area contributed by atoms with Crippen LogP contribution in [0.4, 0.5) is 5.69 Å². The first-order valence-electron chi connectivity index (χ1n) is 4.85. The summed E-state index contributed by atoms with van der Waals surface area (Å²) in [6.45, 7) is 3.58. The molecular weight excluding hydrogens is 244 g/mol. The SMILES string of the molecule is CC1(C)NC(=S)N(c2ccccc2Cl)C1=O. The number of nitrogens with one attached hydrogen (secondary N) is 1. The van der Waals surface area contributed by atoms with E-state index in [1.165, 1.54) is 4.90 Å². The van der Waals surface area contributed by atoms with E-state index in [0.717, 1.165) is 0 Å². The van der Waals surface area contributed by atoms with Crippen LogP contribution in [0.3, 0.4) is 0 Å². The van der Waals surface area contributed by atoms with Crippen LogP contribution < -0.4 is 10.2 Å². The van der Waals surface area contributed by atoms with Gasteiger partial charge >= 0.3 is 0 Å². The van der Waals surface area contributed by atoms with Gasteiger partial charge in [-0.2, -0.15) is 0 Å². The molecule has 0 aliphatic carbocycles. The van der Waals surface area contributed by atoms with E-state index in [1.54, 1.807) is 26.0 Å². The minimum Gasteiger partial charge on any atom is -0.348 e. The summed E-state index contributed by atoms with van der Waals surface area (Å²) in [6, 6.07) is 7.14. The molecule has 1 heterocycles. The van der Waals surface area contributed by atoms with E-state index in [4.69, 9.17) is 23.8 Å². The predicted molar refractivity (Wildman–Crippen MR) is 68.8 cm³/mol. The number of carbonyl (C=O) groups excluding carboxylic acids is 1. The number of rotatable bonds is 1. The Morgan fingerprint density at radius 3 is 2.50 bits per heavy atom. The number of para-hydroxylation sites is 1. The Morgan fingerprint density at radius 2 is 2.00 bits per heavy atom. The zero-order valence-corrected chi connectivity index (χ0v) is 10.5. The van der Waals surface area contributed by atoms with Crippen LogP contribution in [-0.4, -0.2) is 16.6 Å². The summed E-state index contributed by atoms with van der Waals surface area (Å²) in [7, 11) is 0. The van der Waals surface area contributed by atoms with Crippen molar-refractivity contribution in [2.24, 2.45) is 0 Å². The Morgan fingerprint density at radius 1 is 1.38 bits per heavy atom. The molecule has 0 spiro atoms. The lowest BCUT2D eigenvalue weighted by atomic mass is 10.1. The fraction of sp³-hybridized carbons (Fsp3) is 0.273. The highest BCUT2D eigenvalue weighted by Crippen LogP contribution is 2.30. The molecule has 1 fully saturated rings. The zero-order chi connectivity index (χ0) is 11.9. The average Bonchev–Trinajstić information content (AvgIpc) is 2.39. The molecule has 1 aliphatic heterocycles. The predicted octanol–water partition coefficient (Wildman–Crippen LogP) is 2.34. The zero-order valence-electron chi connectivity index (χ0n) is 8.95. The van der Waals surface area contributed by atoms with Gasteiger partial charge in [-0.05, 0) is 38.2 Å². The maximum atomic E-state index is 12.1. The minimum absolute atomic E-state index is 0.0920. The molecule has 0 aromatic heterocycles. The van der Waals surface area contributed by atoms with E-state index in [0.29, 0.717) is 15.8 Å². The number of amides is 1. The molecule has 84 valence electrons. The van der Waals surface area contributed by atoms with Gasteiger partial charge < -0.3 is 5.32 Å². The molecule has 1 saturated heterocycles. The lowest BCUT2D eigenvalue weighted by molar-refractivity contribution is -0.120. The van der Waals surface area contributed by atoms with Crippen LogP contribution in [0.1, 0.15) is 13.8 Å². The molecule has 0 radical (unpaired) electrons. The van der Waals surface area contributed by atoms with Gasteiger partial charge in [0.05, 0.1) is 10.7 Å². The number of thiocarbonyl (C=S) groups is 1. The van der Waals surface area contributed by atoms with Crippen LogP contribution in [0, 0.1) is 0 Å². The summed E-state index contributed by atoms with van der Waals surface area (Å²) in [4.78, 5) is 13.5. The summed E-state index contributed by atoms with van der Waals surface area (Å²) in [5.74, 6) is -0.0920. The molecule has 0 atom stereocenters. The van der Waals surface area contributed by atoms with Crippen molar-refractivity contribution in [2.75, 3.05) is 4.90 Å². The third kappa shape index (κ3) is 1.68. The molecule has 1 amide bonds. The van der Waals surface area contributed by atoms with E-state index in [2.05, 4.69) is 5.32 Å². The maximum Gasteiger partial charge on any atom is 0.258 e. The van der Waals surface area contributed by atoms with Gasteiger partial charge in [0.15, 0.2) is 5.11 Å². The summed E-state index contributed by atoms with van der Waals surface area (Å²) in [5, 5.41) is 3.87. The van der Waals surface area contributed by atoms with E-state index in [-0.39, 0.29) is 5.91 Å². The second kappa shape index (κ2) is 3.71. The van der Waals surface area contributed by atoms with Crippen LogP contribution in [0.25, 0.3) is 0 Å². The maximum absolute atomic E-state index is 12.1. The summed E-state index contributed by atoms with van der Waals surface area (Å²) < 4.78 is 0. The molecule has 3 nitrogen and oxygen atoms in total. The van der Waals surface area contributed by atoms with Crippen molar-refractivity contribution in [1.82, 2.24) is 5.32 Å². The number of halogens is 1. The van der Waals surface area contributed by atoms with Gasteiger partial charge in [0.1, 0.15) is 5.54 Å². The molecule has 5 heteroatoms. The van der Waals surface area contributed by atoms with Crippen LogP contribution in [-0.2, 0) is 4.79 Å². The van der Waals surface area contributed by atoms with Crippen LogP contribution >= 0.6 is 23.8 Å². The summed E-state index contributed by atoms with van der Waals surface area (Å²) >= 11 is 11.2. The third-order valence-electron chi connectivity index (χ3n) is 2.45. The number of anilines is 1. The Labute approximate surface area is 104 Å². The van der Waals surface area contributed by atoms with Crippen LogP contribution in [0.5, 0.6) is 0 Å². The Bertz CT molecular complexity index is 473. The summed E-state index contributed by atoms with van der Waals surface area (Å²) in [5.41, 5.74) is -0.0479. The molecule has 0 unspecified atom stereocenters. The fourth-order valence-electron chi connectivity index (χ4n) is 1.60. The smallest absolute Gasteiger partial charge is 0.258 e. The third-order valence-corrected chi connectivity index (χ3v) is 3.06. The normalized spacial score (nSPS) is 18.8. The lowest BCUT2D eigenvalue weighted by Crippen LogP contribution is -2.40. The first-order chi connectivity index (χ1) is 7.43. The van der Waals surface area contributed by atoms with Crippen molar-refractivity contribution < 1.29 is 4.79 Å². The molecule has 16 heavy (non-hydrogen) atoms. The fourth-order valence-corrected chi connectivity index (χ4v) is 2.26. The van der Waals surface area contributed by atoms with Crippen molar-refractivity contribution in [3.8, 4) is 0 Å². The second-order valence-corrected chi connectivity index (χ2v) is 4.94. The van der Waals surface area contributed by atoms with Gasteiger partial charge in [-0.15, -0.1) is 0 Å². The molecule has 0 bridgehead atoms. The first kappa shape index (κ1) is 11.4. The molecule has 1 N–H and O–H groups in total. The number of carbonyl (C=O) groups is 1. The lowest BCUT2D eigenvalue weighted by Gasteiger charge is -2.17. The number of hydrogen-bond acceptors (Lipinski definition) is 2. The van der Waals surface area contributed by atoms with E-state index >= 15 is 0 Å². The highest BCUT2D eigenvalue weighted by atomic mass is 35.5. The quantitative estimate of drug-likeness (QED) is 0.781. The minimum atomic E-state index is -0.670. The number of benzene rings is 1. The van der Waals surface area contributed by atoms with Crippen molar-refractivity contribution in [2.45, 2.75) is 19.4 Å². The van der Waals surface area contributed by atoms with Gasteiger partial charge in [-0.3, -0.25) is 9.69 Å². The van der Waals surface area contributed by atoms with Gasteiger partial charge in [-0.1, -0.05) is 23.7 Å². The standard InChI is InChI=1S/C11H11ClN2OS/c1-11(2)9(15)14(10(16)13-11)8-6-4-3-5-7(8)12/h3-6H,1-2H3,(H,13,16). The summed E-state index contributed by atoms with van der Waals surface area (Å²) in [6.07, 6.45) is 0. The topological polar surface area (TPSA) is 32.3 Å². The Hall–Kier alpha value is -1.13. The van der Waals surface area contributed by atoms with Crippen molar-refractivity contribution >= 4 is 40.5 Å². The second-order valence-electron chi connectivity index (χ2n) is 4.15. The monoisotopic (exact) mass is 254 g/mol. The van der Waals surface area contributed by atoms with Gasteiger partial charge in [0.2, 0.25) is 0 Å².